The van der Waals surface area contributed by atoms with Gasteiger partial charge in [0.25, 0.3) is 5.91 Å². The van der Waals surface area contributed by atoms with Crippen LogP contribution in [0.5, 0.6) is 0 Å². The van der Waals surface area contributed by atoms with E-state index in [0.29, 0.717) is 18.0 Å². The summed E-state index contributed by atoms with van der Waals surface area (Å²) in [5, 5.41) is 8.12. The van der Waals surface area contributed by atoms with Gasteiger partial charge in [0.15, 0.2) is 5.82 Å². The second-order valence-corrected chi connectivity index (χ2v) is 5.58. The summed E-state index contributed by atoms with van der Waals surface area (Å²) in [6.07, 6.45) is 6.12. The normalized spacial score (nSPS) is 18.6. The van der Waals surface area contributed by atoms with E-state index in [1.165, 1.54) is 0 Å². The lowest BCUT2D eigenvalue weighted by molar-refractivity contribution is 0.0695. The van der Waals surface area contributed by atoms with Crippen LogP contribution in [-0.2, 0) is 13.0 Å². The van der Waals surface area contributed by atoms with Gasteiger partial charge < -0.3 is 9.42 Å². The van der Waals surface area contributed by atoms with Crippen molar-refractivity contribution in [3.05, 3.63) is 29.7 Å². The fourth-order valence-electron chi connectivity index (χ4n) is 2.77. The maximum atomic E-state index is 12.6. The van der Waals surface area contributed by atoms with E-state index < -0.39 is 0 Å². The van der Waals surface area contributed by atoms with Gasteiger partial charge in [-0.3, -0.25) is 9.48 Å². The number of carbonyl (C=O) groups excluding carboxylic acids is 1. The van der Waals surface area contributed by atoms with Crippen molar-refractivity contribution in [3.8, 4) is 0 Å². The van der Waals surface area contributed by atoms with E-state index >= 15 is 0 Å². The molecule has 0 bridgehead atoms. The third kappa shape index (κ3) is 2.88. The molecule has 0 spiro atoms. The van der Waals surface area contributed by atoms with Crippen LogP contribution in [0.4, 0.5) is 0 Å². The Labute approximate surface area is 129 Å². The molecule has 22 heavy (non-hydrogen) atoms. The Hall–Kier alpha value is -2.18. The Balaban J connectivity index is 1.70. The van der Waals surface area contributed by atoms with E-state index in [2.05, 4.69) is 15.2 Å². The molecule has 0 saturated carbocycles. The van der Waals surface area contributed by atoms with Gasteiger partial charge >= 0.3 is 0 Å². The molecule has 0 unspecified atom stereocenters. The number of nitrogens with zero attached hydrogens (tertiary/aromatic N) is 5. The quantitative estimate of drug-likeness (QED) is 0.861. The molecule has 0 radical (unpaired) electrons. The van der Waals surface area contributed by atoms with Gasteiger partial charge in [0.1, 0.15) is 0 Å². The topological polar surface area (TPSA) is 77.0 Å². The number of rotatable bonds is 4. The third-order valence-corrected chi connectivity index (χ3v) is 4.06. The van der Waals surface area contributed by atoms with Crippen molar-refractivity contribution in [2.24, 2.45) is 0 Å². The molecule has 3 heterocycles. The largest absolute Gasteiger partial charge is 0.339 e. The van der Waals surface area contributed by atoms with Crippen LogP contribution in [0.2, 0.25) is 0 Å². The predicted molar refractivity (Wildman–Crippen MR) is 79.5 cm³/mol. The summed E-state index contributed by atoms with van der Waals surface area (Å²) in [7, 11) is 0. The highest BCUT2D eigenvalue weighted by Crippen LogP contribution is 2.26. The van der Waals surface area contributed by atoms with Crippen molar-refractivity contribution in [2.45, 2.75) is 45.6 Å². The lowest BCUT2D eigenvalue weighted by Gasteiger charge is -2.30. The van der Waals surface area contributed by atoms with Gasteiger partial charge in [0.05, 0.1) is 17.7 Å². The molecule has 0 aliphatic carbocycles. The summed E-state index contributed by atoms with van der Waals surface area (Å²) in [6, 6.07) is 0. The number of amides is 1. The van der Waals surface area contributed by atoms with Crippen LogP contribution in [-0.4, -0.2) is 43.8 Å². The SMILES string of the molecule is CCc1noc([C@@H]2CCCN(C(=O)c3cnn(CC)c3)C2)n1. The van der Waals surface area contributed by atoms with Gasteiger partial charge in [-0.2, -0.15) is 10.1 Å². The molecule has 2 aromatic heterocycles. The van der Waals surface area contributed by atoms with Crippen LogP contribution in [0.15, 0.2) is 16.9 Å². The average molecular weight is 303 g/mol. The van der Waals surface area contributed by atoms with Crippen LogP contribution >= 0.6 is 0 Å². The van der Waals surface area contributed by atoms with Crippen molar-refractivity contribution < 1.29 is 9.32 Å². The molecule has 1 aliphatic heterocycles. The zero-order chi connectivity index (χ0) is 15.5. The van der Waals surface area contributed by atoms with Gasteiger partial charge in [-0.05, 0) is 19.8 Å². The minimum atomic E-state index is 0.0274. The van der Waals surface area contributed by atoms with Crippen LogP contribution in [0.3, 0.4) is 0 Å². The summed E-state index contributed by atoms with van der Waals surface area (Å²) >= 11 is 0. The average Bonchev–Trinajstić information content (AvgIpc) is 3.23. The molecule has 1 aliphatic rings. The number of piperidine rings is 1. The Morgan fingerprint density at radius 2 is 2.32 bits per heavy atom. The number of carbonyl (C=O) groups is 1. The highest BCUT2D eigenvalue weighted by molar-refractivity contribution is 5.93. The van der Waals surface area contributed by atoms with Crippen LogP contribution < -0.4 is 0 Å². The predicted octanol–water partition coefficient (Wildman–Crippen LogP) is 1.87. The van der Waals surface area contributed by atoms with E-state index in [4.69, 9.17) is 4.52 Å². The smallest absolute Gasteiger partial charge is 0.257 e. The molecule has 0 aromatic carbocycles. The minimum Gasteiger partial charge on any atom is -0.339 e. The van der Waals surface area contributed by atoms with E-state index in [-0.39, 0.29) is 11.8 Å². The standard InChI is InChI=1S/C15H21N5O2/c1-3-13-17-14(22-18-13)11-6-5-7-19(9-11)15(21)12-8-16-20(4-2)10-12/h8,10-11H,3-7,9H2,1-2H3/t11-/m1/s1. The number of hydrogen-bond acceptors (Lipinski definition) is 5. The van der Waals surface area contributed by atoms with Crippen molar-refractivity contribution in [2.75, 3.05) is 13.1 Å². The van der Waals surface area contributed by atoms with Crippen LogP contribution in [0.25, 0.3) is 0 Å². The van der Waals surface area contributed by atoms with Gasteiger partial charge in [0, 0.05) is 32.3 Å². The molecular formula is C15H21N5O2. The number of hydrogen-bond donors (Lipinski definition) is 0. The van der Waals surface area contributed by atoms with E-state index in [9.17, 15) is 4.79 Å². The number of aryl methyl sites for hydroxylation is 2. The van der Waals surface area contributed by atoms with E-state index in [1.54, 1.807) is 17.1 Å². The first-order valence-corrected chi connectivity index (χ1v) is 7.85. The molecule has 1 atom stereocenters. The molecular weight excluding hydrogens is 282 g/mol. The Bertz CT molecular complexity index is 648. The van der Waals surface area contributed by atoms with Crippen LogP contribution in [0.1, 0.15) is 54.7 Å². The van der Waals surface area contributed by atoms with Crippen molar-refractivity contribution >= 4 is 5.91 Å². The van der Waals surface area contributed by atoms with Crippen molar-refractivity contribution in [1.29, 1.82) is 0 Å². The van der Waals surface area contributed by atoms with Crippen LogP contribution in [0, 0.1) is 0 Å². The number of likely N-dealkylation sites (tertiary alicyclic amines) is 1. The summed E-state index contributed by atoms with van der Waals surface area (Å²) in [4.78, 5) is 18.8. The Morgan fingerprint density at radius 1 is 1.45 bits per heavy atom. The first kappa shape index (κ1) is 14.7. The molecule has 1 saturated heterocycles. The second kappa shape index (κ2) is 6.29. The van der Waals surface area contributed by atoms with Gasteiger partial charge in [-0.15, -0.1) is 0 Å². The molecule has 118 valence electrons. The molecule has 3 rings (SSSR count). The zero-order valence-electron chi connectivity index (χ0n) is 13.0. The second-order valence-electron chi connectivity index (χ2n) is 5.58. The monoisotopic (exact) mass is 303 g/mol. The molecule has 2 aromatic rings. The fraction of sp³-hybridized carbons (Fsp3) is 0.600. The summed E-state index contributed by atoms with van der Waals surface area (Å²) in [5.74, 6) is 1.53. The van der Waals surface area contributed by atoms with Gasteiger partial charge in [-0.25, -0.2) is 0 Å². The summed E-state index contributed by atoms with van der Waals surface area (Å²) in [5.41, 5.74) is 0.641. The van der Waals surface area contributed by atoms with Crippen molar-refractivity contribution in [1.82, 2.24) is 24.8 Å². The number of aromatic nitrogens is 4. The minimum absolute atomic E-state index is 0.0274. The molecule has 7 nitrogen and oxygen atoms in total. The van der Waals surface area contributed by atoms with E-state index in [1.807, 2.05) is 18.7 Å². The summed E-state index contributed by atoms with van der Waals surface area (Å²) in [6.45, 7) is 6.15. The summed E-state index contributed by atoms with van der Waals surface area (Å²) < 4.78 is 7.10. The van der Waals surface area contributed by atoms with Crippen molar-refractivity contribution in [3.63, 3.8) is 0 Å². The van der Waals surface area contributed by atoms with Gasteiger partial charge in [-0.1, -0.05) is 12.1 Å². The zero-order valence-corrected chi connectivity index (χ0v) is 13.0. The van der Waals surface area contributed by atoms with Gasteiger partial charge in [0.2, 0.25) is 5.89 Å². The molecule has 1 amide bonds. The molecule has 0 N–H and O–H groups in total. The maximum absolute atomic E-state index is 12.6. The fourth-order valence-corrected chi connectivity index (χ4v) is 2.77. The Kier molecular flexibility index (Phi) is 4.22. The first-order valence-electron chi connectivity index (χ1n) is 7.85. The maximum Gasteiger partial charge on any atom is 0.257 e. The van der Waals surface area contributed by atoms with E-state index in [0.717, 1.165) is 38.2 Å². The first-order chi connectivity index (χ1) is 10.7. The molecule has 1 fully saturated rings. The Morgan fingerprint density at radius 3 is 3.00 bits per heavy atom. The third-order valence-electron chi connectivity index (χ3n) is 4.06. The highest BCUT2D eigenvalue weighted by Gasteiger charge is 2.29. The molecule has 7 heteroatoms. The lowest BCUT2D eigenvalue weighted by atomic mass is 9.97. The lowest BCUT2D eigenvalue weighted by Crippen LogP contribution is -2.39. The highest BCUT2D eigenvalue weighted by atomic mass is 16.5.